The van der Waals surface area contributed by atoms with Crippen molar-refractivity contribution in [1.82, 2.24) is 0 Å². The van der Waals surface area contributed by atoms with E-state index in [4.69, 9.17) is 5.73 Å². The van der Waals surface area contributed by atoms with Crippen molar-refractivity contribution in [3.8, 4) is 0 Å². The van der Waals surface area contributed by atoms with Gasteiger partial charge in [0.2, 0.25) is 9.84 Å². The highest BCUT2D eigenvalue weighted by molar-refractivity contribution is 9.10. The molecule has 3 N–H and O–H groups in total. The van der Waals surface area contributed by atoms with Crippen LogP contribution in [0.25, 0.3) is 0 Å². The molecule has 4 rings (SSSR count). The number of halogens is 1. The van der Waals surface area contributed by atoms with Crippen LogP contribution in [0.1, 0.15) is 5.56 Å². The van der Waals surface area contributed by atoms with Gasteiger partial charge >= 0.3 is 0 Å². The molecule has 6 nitrogen and oxygen atoms in total. The molecule has 1 heterocycles. The van der Waals surface area contributed by atoms with E-state index in [2.05, 4.69) is 26.2 Å². The Kier molecular flexibility index (Phi) is 4.52. The highest BCUT2D eigenvalue weighted by Crippen LogP contribution is 2.29. The zero-order valence-electron chi connectivity index (χ0n) is 14.4. The molecule has 1 aliphatic heterocycles. The maximum Gasteiger partial charge on any atom is 0.275 e. The Hall–Kier alpha value is -2.97. The number of carbonyl (C=O) groups excluding carboxylic acids is 1. The summed E-state index contributed by atoms with van der Waals surface area (Å²) in [7, 11) is -3.65. The summed E-state index contributed by atoms with van der Waals surface area (Å²) in [5.74, 6) is -0.299. The first-order valence-corrected chi connectivity index (χ1v) is 10.5. The van der Waals surface area contributed by atoms with Crippen molar-refractivity contribution in [1.29, 1.82) is 0 Å². The molecule has 0 atom stereocenters. The molecule has 0 saturated heterocycles. The maximum atomic E-state index is 12.7. The molecule has 3 aromatic carbocycles. The summed E-state index contributed by atoms with van der Waals surface area (Å²) in [5.41, 5.74) is 8.25. The van der Waals surface area contributed by atoms with Crippen LogP contribution in [0.15, 0.2) is 86.0 Å². The minimum absolute atomic E-state index is 0.139. The fourth-order valence-corrected chi connectivity index (χ4v) is 4.47. The number of hydrogen-bond donors (Lipinski definition) is 2. The van der Waals surface area contributed by atoms with Gasteiger partial charge in [0.25, 0.3) is 5.91 Å². The quantitative estimate of drug-likeness (QED) is 0.583. The molecule has 1 aliphatic rings. The highest BCUT2D eigenvalue weighted by atomic mass is 79.9. The van der Waals surface area contributed by atoms with E-state index in [0.29, 0.717) is 22.6 Å². The Bertz CT molecular complexity index is 1220. The average molecular weight is 456 g/mol. The Balaban J connectivity index is 1.68. The van der Waals surface area contributed by atoms with Gasteiger partial charge in [-0.3, -0.25) is 4.79 Å². The average Bonchev–Trinajstić information content (AvgIpc) is 2.97. The largest absolute Gasteiger partial charge is 0.399 e. The lowest BCUT2D eigenvalue weighted by Crippen LogP contribution is -2.13. The molecule has 28 heavy (non-hydrogen) atoms. The summed E-state index contributed by atoms with van der Waals surface area (Å²) in [6, 6.07) is 17.5. The van der Waals surface area contributed by atoms with Gasteiger partial charge < -0.3 is 11.1 Å². The van der Waals surface area contributed by atoms with Crippen LogP contribution in [0.2, 0.25) is 0 Å². The Morgan fingerprint density at radius 3 is 2.14 bits per heavy atom. The Morgan fingerprint density at radius 1 is 0.893 bits per heavy atom. The Labute approximate surface area is 170 Å². The number of anilines is 2. The summed E-state index contributed by atoms with van der Waals surface area (Å²) >= 11 is 3.39. The zero-order chi connectivity index (χ0) is 19.9. The lowest BCUT2D eigenvalue weighted by Gasteiger charge is -2.05. The second-order valence-corrected chi connectivity index (χ2v) is 9.04. The first-order chi connectivity index (χ1) is 13.3. The molecule has 3 aromatic rings. The van der Waals surface area contributed by atoms with Gasteiger partial charge in [0, 0.05) is 15.7 Å². The first kappa shape index (κ1) is 18.4. The standard InChI is InChI=1S/C20H14BrN3O3S/c21-12-1-10-18-17(11-12)19(20(25)24-18)23-14-4-8-16(9-5-14)28(26,27)15-6-2-13(22)3-7-15/h1-11H,22H2,(H,23,24,25). The van der Waals surface area contributed by atoms with Crippen molar-refractivity contribution >= 4 is 54.4 Å². The number of hydrogen-bond acceptors (Lipinski definition) is 5. The topological polar surface area (TPSA) is 102 Å². The predicted molar refractivity (Wildman–Crippen MR) is 112 cm³/mol. The van der Waals surface area contributed by atoms with Crippen LogP contribution in [0.3, 0.4) is 0 Å². The number of rotatable bonds is 3. The van der Waals surface area contributed by atoms with Gasteiger partial charge in [-0.25, -0.2) is 13.4 Å². The lowest BCUT2D eigenvalue weighted by atomic mass is 10.1. The number of nitrogens with zero attached hydrogens (tertiary/aromatic N) is 1. The van der Waals surface area contributed by atoms with Gasteiger partial charge in [-0.15, -0.1) is 0 Å². The monoisotopic (exact) mass is 455 g/mol. The van der Waals surface area contributed by atoms with E-state index in [9.17, 15) is 13.2 Å². The van der Waals surface area contributed by atoms with E-state index in [1.807, 2.05) is 12.1 Å². The predicted octanol–water partition coefficient (Wildman–Crippen LogP) is 3.94. The van der Waals surface area contributed by atoms with E-state index in [1.54, 1.807) is 30.3 Å². The second-order valence-electron chi connectivity index (χ2n) is 6.17. The number of carbonyl (C=O) groups is 1. The molecule has 0 saturated carbocycles. The number of nitrogens with two attached hydrogens (primary N) is 1. The van der Waals surface area contributed by atoms with Gasteiger partial charge in [0.05, 0.1) is 21.2 Å². The molecule has 0 fully saturated rings. The summed E-state index contributed by atoms with van der Waals surface area (Å²) in [6.07, 6.45) is 0. The number of sulfone groups is 1. The normalized spacial score (nSPS) is 14.8. The zero-order valence-corrected chi connectivity index (χ0v) is 16.8. The molecule has 0 aliphatic carbocycles. The van der Waals surface area contributed by atoms with Crippen molar-refractivity contribution in [3.63, 3.8) is 0 Å². The van der Waals surface area contributed by atoms with Crippen LogP contribution in [-0.4, -0.2) is 20.0 Å². The third-order valence-corrected chi connectivity index (χ3v) is 6.56. The number of nitrogen functional groups attached to an aromatic ring is 1. The Morgan fingerprint density at radius 2 is 1.50 bits per heavy atom. The molecule has 140 valence electrons. The van der Waals surface area contributed by atoms with Crippen molar-refractivity contribution in [2.75, 3.05) is 11.1 Å². The van der Waals surface area contributed by atoms with Gasteiger partial charge in [0.1, 0.15) is 5.71 Å². The van der Waals surface area contributed by atoms with Crippen LogP contribution in [0.4, 0.5) is 17.1 Å². The SMILES string of the molecule is Nc1ccc(S(=O)(=O)c2ccc(N=C3C(=O)Nc4ccc(Br)cc43)cc2)cc1. The third-order valence-electron chi connectivity index (χ3n) is 4.28. The van der Waals surface area contributed by atoms with Crippen molar-refractivity contribution in [2.24, 2.45) is 4.99 Å². The summed E-state index contributed by atoms with van der Waals surface area (Å²) < 4.78 is 26.3. The van der Waals surface area contributed by atoms with Gasteiger partial charge in [-0.1, -0.05) is 15.9 Å². The minimum atomic E-state index is -3.65. The molecule has 0 aromatic heterocycles. The summed E-state index contributed by atoms with van der Waals surface area (Å²) in [4.78, 5) is 16.9. The number of aliphatic imine (C=N–C) groups is 1. The van der Waals surface area contributed by atoms with E-state index in [0.717, 1.165) is 4.47 Å². The van der Waals surface area contributed by atoms with Gasteiger partial charge in [-0.2, -0.15) is 0 Å². The fraction of sp³-hybridized carbons (Fsp3) is 0. The molecule has 0 radical (unpaired) electrons. The van der Waals surface area contributed by atoms with E-state index in [-0.39, 0.29) is 21.4 Å². The number of nitrogens with one attached hydrogen (secondary N) is 1. The molecule has 8 heteroatoms. The molecular weight excluding hydrogens is 442 g/mol. The van der Waals surface area contributed by atoms with Crippen LogP contribution >= 0.6 is 15.9 Å². The number of benzene rings is 3. The first-order valence-electron chi connectivity index (χ1n) is 8.25. The summed E-state index contributed by atoms with van der Waals surface area (Å²) in [5, 5.41) is 2.76. The fourth-order valence-electron chi connectivity index (χ4n) is 2.85. The second kappa shape index (κ2) is 6.88. The maximum absolute atomic E-state index is 12.7. The van der Waals surface area contributed by atoms with Crippen LogP contribution in [-0.2, 0) is 14.6 Å². The molecule has 0 unspecified atom stereocenters. The molecule has 0 bridgehead atoms. The van der Waals surface area contributed by atoms with Crippen LogP contribution < -0.4 is 11.1 Å². The molecular formula is C20H14BrN3O3S. The molecule has 1 amide bonds. The lowest BCUT2D eigenvalue weighted by molar-refractivity contribution is -0.110. The van der Waals surface area contributed by atoms with Crippen molar-refractivity contribution < 1.29 is 13.2 Å². The van der Waals surface area contributed by atoms with Crippen molar-refractivity contribution in [3.05, 3.63) is 76.8 Å². The van der Waals surface area contributed by atoms with E-state index >= 15 is 0 Å². The smallest absolute Gasteiger partial charge is 0.275 e. The number of fused-ring (bicyclic) bond motifs is 1. The van der Waals surface area contributed by atoms with E-state index in [1.165, 1.54) is 24.3 Å². The van der Waals surface area contributed by atoms with Crippen LogP contribution in [0, 0.1) is 0 Å². The van der Waals surface area contributed by atoms with E-state index < -0.39 is 9.84 Å². The highest BCUT2D eigenvalue weighted by Gasteiger charge is 2.26. The minimum Gasteiger partial charge on any atom is -0.399 e. The van der Waals surface area contributed by atoms with Gasteiger partial charge in [-0.05, 0) is 66.7 Å². The summed E-state index contributed by atoms with van der Waals surface area (Å²) in [6.45, 7) is 0. The third kappa shape index (κ3) is 3.32. The molecule has 0 spiro atoms. The van der Waals surface area contributed by atoms with Crippen LogP contribution in [0.5, 0.6) is 0 Å². The van der Waals surface area contributed by atoms with Crippen molar-refractivity contribution in [2.45, 2.75) is 9.79 Å². The number of amides is 1. The van der Waals surface area contributed by atoms with Gasteiger partial charge in [0.15, 0.2) is 0 Å².